The number of aliphatic carboxylic acids is 3. The van der Waals surface area contributed by atoms with Gasteiger partial charge in [0.1, 0.15) is 0 Å². The molecular formula is C10H14NNa3O6. The molecule has 0 amide bonds. The van der Waals surface area contributed by atoms with Crippen molar-refractivity contribution < 1.29 is 118 Å². The molecule has 0 saturated heterocycles. The monoisotopic (exact) mass is 313 g/mol. The molecule has 0 aromatic heterocycles. The van der Waals surface area contributed by atoms with Gasteiger partial charge in [0.05, 0.1) is 23.9 Å². The van der Waals surface area contributed by atoms with E-state index in [0.717, 1.165) is 4.90 Å². The summed E-state index contributed by atoms with van der Waals surface area (Å²) in [5.41, 5.74) is 0. The fraction of sp³-hybridized carbons (Fsp3) is 0.700. The summed E-state index contributed by atoms with van der Waals surface area (Å²) in [6, 6.07) is -1.29. The van der Waals surface area contributed by atoms with Crippen molar-refractivity contribution in [1.29, 1.82) is 0 Å². The predicted octanol–water partition coefficient (Wildman–Crippen LogP) is -13.0. The summed E-state index contributed by atoms with van der Waals surface area (Å²) in [6.07, 6.45) is 0.0862. The van der Waals surface area contributed by atoms with Gasteiger partial charge >= 0.3 is 88.7 Å². The van der Waals surface area contributed by atoms with E-state index in [1.54, 1.807) is 13.8 Å². The Morgan fingerprint density at radius 2 is 1.25 bits per heavy atom. The first-order valence-corrected chi connectivity index (χ1v) is 5.08. The van der Waals surface area contributed by atoms with Crippen molar-refractivity contribution in [2.24, 2.45) is 5.92 Å². The number of carboxylic acids is 3. The van der Waals surface area contributed by atoms with E-state index in [2.05, 4.69) is 0 Å². The second kappa shape index (κ2) is 15.3. The van der Waals surface area contributed by atoms with Gasteiger partial charge in [-0.15, -0.1) is 0 Å². The summed E-state index contributed by atoms with van der Waals surface area (Å²) in [6.45, 7) is 1.87. The zero-order chi connectivity index (χ0) is 13.6. The number of hydrogen-bond acceptors (Lipinski definition) is 7. The van der Waals surface area contributed by atoms with Gasteiger partial charge in [0.2, 0.25) is 0 Å². The molecule has 20 heavy (non-hydrogen) atoms. The topological polar surface area (TPSA) is 124 Å². The van der Waals surface area contributed by atoms with Gasteiger partial charge in [0, 0.05) is 13.1 Å². The van der Waals surface area contributed by atoms with E-state index >= 15 is 0 Å². The molecule has 98 valence electrons. The molecular weight excluding hydrogens is 299 g/mol. The van der Waals surface area contributed by atoms with Crippen molar-refractivity contribution >= 4 is 17.9 Å². The van der Waals surface area contributed by atoms with E-state index in [1.165, 1.54) is 0 Å². The molecule has 0 bridgehead atoms. The average molecular weight is 313 g/mol. The van der Waals surface area contributed by atoms with Gasteiger partial charge < -0.3 is 29.7 Å². The second-order valence-corrected chi connectivity index (χ2v) is 4.11. The third-order valence-electron chi connectivity index (χ3n) is 2.07. The van der Waals surface area contributed by atoms with Crippen LogP contribution in [0.1, 0.15) is 20.3 Å². The van der Waals surface area contributed by atoms with Crippen LogP contribution in [-0.2, 0) is 14.4 Å². The molecule has 0 unspecified atom stereocenters. The standard InChI is InChI=1S/C10H17NO6.3Na/c1-6(2)3-7(10(16)17)11(4-8(12)13)5-9(14)15;;;/h6-7H,3-5H2,1-2H3,(H,12,13)(H,14,15)(H,16,17);;;/q;3*+1/p-3/t7-;;;/m0.../s1. The minimum absolute atomic E-state index is 0. The van der Waals surface area contributed by atoms with Crippen molar-refractivity contribution in [3.05, 3.63) is 0 Å². The Balaban J connectivity index is -0.000000427. The first-order chi connectivity index (χ1) is 7.73. The second-order valence-electron chi connectivity index (χ2n) is 4.11. The molecule has 0 aliphatic heterocycles. The normalized spacial score (nSPS) is 10.8. The predicted molar refractivity (Wildman–Crippen MR) is 49.8 cm³/mol. The SMILES string of the molecule is CC(C)C[C@@H](C(=O)[O-])N(CC(=O)[O-])CC(=O)[O-].[Na+].[Na+].[Na+]. The molecule has 10 heteroatoms. The molecule has 0 radical (unpaired) electrons. The van der Waals surface area contributed by atoms with Crippen LogP contribution in [0.4, 0.5) is 0 Å². The summed E-state index contributed by atoms with van der Waals surface area (Å²) in [5, 5.41) is 31.7. The summed E-state index contributed by atoms with van der Waals surface area (Å²) in [7, 11) is 0. The van der Waals surface area contributed by atoms with Gasteiger partial charge in [-0.05, 0) is 12.3 Å². The zero-order valence-corrected chi connectivity index (χ0v) is 18.7. The van der Waals surface area contributed by atoms with Gasteiger partial charge in [-0.1, -0.05) is 13.8 Å². The van der Waals surface area contributed by atoms with Crippen LogP contribution in [0.25, 0.3) is 0 Å². The van der Waals surface area contributed by atoms with Gasteiger partial charge in [-0.3, -0.25) is 4.90 Å². The van der Waals surface area contributed by atoms with Crippen molar-refractivity contribution in [3.8, 4) is 0 Å². The zero-order valence-electron chi connectivity index (χ0n) is 12.7. The molecule has 0 saturated carbocycles. The smallest absolute Gasteiger partial charge is 0.549 e. The molecule has 0 aliphatic rings. The fourth-order valence-electron chi connectivity index (χ4n) is 1.45. The Labute approximate surface area is 184 Å². The van der Waals surface area contributed by atoms with Gasteiger partial charge in [-0.25, -0.2) is 0 Å². The maximum atomic E-state index is 10.9. The molecule has 0 aliphatic carbocycles. The third-order valence-corrected chi connectivity index (χ3v) is 2.07. The van der Waals surface area contributed by atoms with E-state index in [0.29, 0.717) is 0 Å². The summed E-state index contributed by atoms with van der Waals surface area (Å²) >= 11 is 0. The summed E-state index contributed by atoms with van der Waals surface area (Å²) in [5.74, 6) is -4.67. The maximum absolute atomic E-state index is 10.9. The Morgan fingerprint density at radius 3 is 1.45 bits per heavy atom. The molecule has 7 nitrogen and oxygen atoms in total. The van der Waals surface area contributed by atoms with Gasteiger partial charge in [-0.2, -0.15) is 0 Å². The molecule has 0 fully saturated rings. The molecule has 1 atom stereocenters. The van der Waals surface area contributed by atoms with Crippen LogP contribution in [0.5, 0.6) is 0 Å². The number of nitrogens with zero attached hydrogens (tertiary/aromatic N) is 1. The number of carbonyl (C=O) groups excluding carboxylic acids is 3. The first kappa shape index (κ1) is 29.4. The van der Waals surface area contributed by atoms with Crippen LogP contribution < -0.4 is 104 Å². The van der Waals surface area contributed by atoms with Crippen LogP contribution >= 0.6 is 0 Å². The van der Waals surface area contributed by atoms with E-state index in [1.807, 2.05) is 0 Å². The Bertz CT molecular complexity index is 297. The Kier molecular flexibility index (Phi) is 22.4. The number of carboxylic acid groups (broad SMARTS) is 3. The largest absolute Gasteiger partial charge is 1.00 e. The van der Waals surface area contributed by atoms with E-state index < -0.39 is 37.0 Å². The minimum atomic E-state index is -1.55. The number of hydrogen-bond donors (Lipinski definition) is 0. The van der Waals surface area contributed by atoms with Crippen molar-refractivity contribution in [1.82, 2.24) is 4.90 Å². The van der Waals surface area contributed by atoms with Crippen molar-refractivity contribution in [3.63, 3.8) is 0 Å². The van der Waals surface area contributed by atoms with Crippen LogP contribution in [-0.4, -0.2) is 41.9 Å². The molecule has 0 aromatic rings. The molecule has 0 heterocycles. The molecule has 0 rings (SSSR count). The molecule has 0 spiro atoms. The van der Waals surface area contributed by atoms with E-state index in [4.69, 9.17) is 0 Å². The van der Waals surface area contributed by atoms with Crippen molar-refractivity contribution in [2.75, 3.05) is 13.1 Å². The van der Waals surface area contributed by atoms with Gasteiger partial charge in [0.15, 0.2) is 0 Å². The first-order valence-electron chi connectivity index (χ1n) is 5.08. The molecule has 0 N–H and O–H groups in total. The average Bonchev–Trinajstić information content (AvgIpc) is 2.10. The van der Waals surface area contributed by atoms with E-state index in [9.17, 15) is 29.7 Å². The minimum Gasteiger partial charge on any atom is -0.549 e. The third kappa shape index (κ3) is 14.3. The quantitative estimate of drug-likeness (QED) is 0.408. The van der Waals surface area contributed by atoms with Crippen LogP contribution in [0.2, 0.25) is 0 Å². The summed E-state index contributed by atoms with van der Waals surface area (Å²) < 4.78 is 0. The summed E-state index contributed by atoms with van der Waals surface area (Å²) in [4.78, 5) is 32.5. The van der Waals surface area contributed by atoms with Crippen LogP contribution in [0, 0.1) is 5.92 Å². The number of carbonyl (C=O) groups is 3. The van der Waals surface area contributed by atoms with Crippen LogP contribution in [0.3, 0.4) is 0 Å². The Morgan fingerprint density at radius 1 is 0.900 bits per heavy atom. The Hall–Kier alpha value is 1.37. The van der Waals surface area contributed by atoms with Crippen LogP contribution in [0.15, 0.2) is 0 Å². The van der Waals surface area contributed by atoms with E-state index in [-0.39, 0.29) is 101 Å². The number of rotatable bonds is 8. The fourth-order valence-corrected chi connectivity index (χ4v) is 1.45. The van der Waals surface area contributed by atoms with Gasteiger partial charge in [0.25, 0.3) is 0 Å². The molecule has 0 aromatic carbocycles. The maximum Gasteiger partial charge on any atom is 1.00 e. The van der Waals surface area contributed by atoms with Crippen molar-refractivity contribution in [2.45, 2.75) is 26.3 Å².